The number of phenols is 1. The largest absolute Gasteiger partial charge is 0.504 e. The second kappa shape index (κ2) is 4.55. The van der Waals surface area contributed by atoms with Gasteiger partial charge >= 0.3 is 0 Å². The molecule has 0 saturated carbocycles. The van der Waals surface area contributed by atoms with E-state index in [0.29, 0.717) is 5.75 Å². The van der Waals surface area contributed by atoms with Gasteiger partial charge in [-0.25, -0.2) is 0 Å². The fourth-order valence-corrected chi connectivity index (χ4v) is 2.33. The summed E-state index contributed by atoms with van der Waals surface area (Å²) in [4.78, 5) is 1.92. The second-order valence-electron chi connectivity index (χ2n) is 3.31. The van der Waals surface area contributed by atoms with Gasteiger partial charge in [-0.2, -0.15) is 0 Å². The maximum absolute atomic E-state index is 9.65. The highest BCUT2D eigenvalue weighted by Gasteiger charge is 2.06. The fourth-order valence-electron chi connectivity index (χ4n) is 1.46. The van der Waals surface area contributed by atoms with E-state index in [2.05, 4.69) is 0 Å². The zero-order valence-electron chi connectivity index (χ0n) is 8.80. The summed E-state index contributed by atoms with van der Waals surface area (Å²) in [6.07, 6.45) is 0. The highest BCUT2D eigenvalue weighted by Crippen LogP contribution is 2.34. The van der Waals surface area contributed by atoms with Gasteiger partial charge in [-0.05, 0) is 35.9 Å². The summed E-state index contributed by atoms with van der Waals surface area (Å²) in [5, 5.41) is 18.6. The van der Waals surface area contributed by atoms with Gasteiger partial charge in [0.25, 0.3) is 0 Å². The highest BCUT2D eigenvalue weighted by atomic mass is 32.1. The molecule has 0 bridgehead atoms. The summed E-state index contributed by atoms with van der Waals surface area (Å²) in [6.45, 7) is 0.0484. The number of hydrogen-bond donors (Lipinski definition) is 2. The Hall–Kier alpha value is -1.52. The Labute approximate surface area is 97.6 Å². The third kappa shape index (κ3) is 2.03. The zero-order chi connectivity index (χ0) is 11.5. The minimum absolute atomic E-state index is 0.0484. The van der Waals surface area contributed by atoms with Crippen molar-refractivity contribution >= 4 is 11.3 Å². The number of aliphatic hydroxyl groups is 1. The van der Waals surface area contributed by atoms with E-state index in [4.69, 9.17) is 9.84 Å². The van der Waals surface area contributed by atoms with Crippen LogP contribution in [-0.2, 0) is 6.61 Å². The van der Waals surface area contributed by atoms with Crippen LogP contribution in [0.1, 0.15) is 4.88 Å². The minimum atomic E-state index is 0.0484. The van der Waals surface area contributed by atoms with E-state index in [1.165, 1.54) is 18.4 Å². The van der Waals surface area contributed by atoms with Crippen LogP contribution in [0.2, 0.25) is 0 Å². The van der Waals surface area contributed by atoms with Gasteiger partial charge in [0.1, 0.15) is 0 Å². The molecule has 1 heterocycles. The molecule has 1 aromatic carbocycles. The Morgan fingerprint density at radius 3 is 2.62 bits per heavy atom. The van der Waals surface area contributed by atoms with Gasteiger partial charge in [-0.15, -0.1) is 11.3 Å². The Balaban J connectivity index is 2.37. The van der Waals surface area contributed by atoms with Crippen LogP contribution in [-0.4, -0.2) is 17.3 Å². The van der Waals surface area contributed by atoms with Gasteiger partial charge in [0.15, 0.2) is 11.5 Å². The first-order chi connectivity index (χ1) is 7.74. The number of aliphatic hydroxyl groups excluding tert-OH is 1. The summed E-state index contributed by atoms with van der Waals surface area (Å²) >= 11 is 1.51. The summed E-state index contributed by atoms with van der Waals surface area (Å²) in [5.41, 5.74) is 0.919. The molecule has 2 rings (SSSR count). The van der Waals surface area contributed by atoms with E-state index in [9.17, 15) is 5.11 Å². The van der Waals surface area contributed by atoms with Gasteiger partial charge < -0.3 is 14.9 Å². The molecule has 0 saturated heterocycles. The van der Waals surface area contributed by atoms with Crippen LogP contribution in [0.4, 0.5) is 0 Å². The molecule has 16 heavy (non-hydrogen) atoms. The van der Waals surface area contributed by atoms with Crippen molar-refractivity contribution in [2.45, 2.75) is 6.61 Å². The molecular weight excluding hydrogens is 224 g/mol. The quantitative estimate of drug-likeness (QED) is 0.861. The topological polar surface area (TPSA) is 49.7 Å². The normalized spacial score (nSPS) is 10.4. The summed E-state index contributed by atoms with van der Waals surface area (Å²) in [7, 11) is 1.52. The number of methoxy groups -OCH3 is 1. The lowest BCUT2D eigenvalue weighted by atomic mass is 10.1. The van der Waals surface area contributed by atoms with E-state index >= 15 is 0 Å². The van der Waals surface area contributed by atoms with Crippen molar-refractivity contribution in [1.82, 2.24) is 0 Å². The molecule has 0 aliphatic rings. The molecule has 0 aliphatic heterocycles. The average Bonchev–Trinajstić information content (AvgIpc) is 2.77. The molecule has 0 fully saturated rings. The average molecular weight is 236 g/mol. The number of rotatable bonds is 3. The van der Waals surface area contributed by atoms with Crippen molar-refractivity contribution in [3.05, 3.63) is 35.2 Å². The van der Waals surface area contributed by atoms with Crippen LogP contribution in [0.5, 0.6) is 11.5 Å². The number of benzene rings is 1. The third-order valence-corrected chi connectivity index (χ3v) is 3.40. The molecule has 0 radical (unpaired) electrons. The lowest BCUT2D eigenvalue weighted by Gasteiger charge is -2.04. The van der Waals surface area contributed by atoms with Gasteiger partial charge in [-0.1, -0.05) is 0 Å². The Bertz CT molecular complexity index is 491. The van der Waals surface area contributed by atoms with Crippen molar-refractivity contribution in [3.8, 4) is 21.9 Å². The molecule has 4 heteroatoms. The molecule has 0 unspecified atom stereocenters. The first kappa shape index (κ1) is 11.0. The smallest absolute Gasteiger partial charge is 0.160 e. The molecule has 2 N–H and O–H groups in total. The molecule has 84 valence electrons. The number of ether oxygens (including phenoxy) is 1. The SMILES string of the molecule is COc1ccc(-c2ccc(CO)s2)cc1O. The molecule has 3 nitrogen and oxygen atoms in total. The number of phenolic OH excluding ortho intramolecular Hbond substituents is 1. The minimum Gasteiger partial charge on any atom is -0.504 e. The Kier molecular flexibility index (Phi) is 3.12. The fraction of sp³-hybridized carbons (Fsp3) is 0.167. The zero-order valence-corrected chi connectivity index (χ0v) is 9.62. The van der Waals surface area contributed by atoms with Crippen molar-refractivity contribution in [1.29, 1.82) is 0 Å². The number of aromatic hydroxyl groups is 1. The van der Waals surface area contributed by atoms with Gasteiger partial charge in [0, 0.05) is 9.75 Å². The van der Waals surface area contributed by atoms with Crippen LogP contribution in [0.3, 0.4) is 0 Å². The summed E-state index contributed by atoms with van der Waals surface area (Å²) in [6, 6.07) is 9.07. The Morgan fingerprint density at radius 2 is 2.06 bits per heavy atom. The maximum atomic E-state index is 9.65. The Morgan fingerprint density at radius 1 is 1.25 bits per heavy atom. The lowest BCUT2D eigenvalue weighted by molar-refractivity contribution is 0.285. The van der Waals surface area contributed by atoms with Crippen LogP contribution in [0.15, 0.2) is 30.3 Å². The van der Waals surface area contributed by atoms with Crippen LogP contribution in [0.25, 0.3) is 10.4 Å². The van der Waals surface area contributed by atoms with Crippen LogP contribution < -0.4 is 4.74 Å². The van der Waals surface area contributed by atoms with Crippen LogP contribution in [0, 0.1) is 0 Å². The molecule has 0 amide bonds. The van der Waals surface area contributed by atoms with Crippen molar-refractivity contribution in [3.63, 3.8) is 0 Å². The van der Waals surface area contributed by atoms with E-state index in [0.717, 1.165) is 15.3 Å². The van der Waals surface area contributed by atoms with Gasteiger partial charge in [0.05, 0.1) is 13.7 Å². The number of hydrogen-bond acceptors (Lipinski definition) is 4. The van der Waals surface area contributed by atoms with Gasteiger partial charge in [-0.3, -0.25) is 0 Å². The molecule has 1 aromatic heterocycles. The third-order valence-electron chi connectivity index (χ3n) is 2.28. The summed E-state index contributed by atoms with van der Waals surface area (Å²) in [5.74, 6) is 0.585. The maximum Gasteiger partial charge on any atom is 0.160 e. The highest BCUT2D eigenvalue weighted by molar-refractivity contribution is 7.15. The van der Waals surface area contributed by atoms with E-state index in [1.54, 1.807) is 12.1 Å². The monoisotopic (exact) mass is 236 g/mol. The molecule has 0 aliphatic carbocycles. The predicted octanol–water partition coefficient (Wildman–Crippen LogP) is 2.62. The first-order valence-electron chi connectivity index (χ1n) is 4.81. The standard InChI is InChI=1S/C12H12O3S/c1-15-11-4-2-8(6-10(11)14)12-5-3-9(7-13)16-12/h2-6,13-14H,7H2,1H3. The lowest BCUT2D eigenvalue weighted by Crippen LogP contribution is -1.83. The van der Waals surface area contributed by atoms with Crippen LogP contribution >= 0.6 is 11.3 Å². The van der Waals surface area contributed by atoms with Crippen molar-refractivity contribution in [2.24, 2.45) is 0 Å². The predicted molar refractivity (Wildman–Crippen MR) is 63.9 cm³/mol. The van der Waals surface area contributed by atoms with Gasteiger partial charge in [0.2, 0.25) is 0 Å². The van der Waals surface area contributed by atoms with E-state index in [-0.39, 0.29) is 12.4 Å². The molecule has 2 aromatic rings. The first-order valence-corrected chi connectivity index (χ1v) is 5.63. The number of thiophene rings is 1. The molecular formula is C12H12O3S. The summed E-state index contributed by atoms with van der Waals surface area (Å²) < 4.78 is 4.98. The molecule has 0 spiro atoms. The van der Waals surface area contributed by atoms with E-state index < -0.39 is 0 Å². The van der Waals surface area contributed by atoms with Crippen molar-refractivity contribution < 1.29 is 14.9 Å². The second-order valence-corrected chi connectivity index (χ2v) is 4.48. The van der Waals surface area contributed by atoms with Crippen molar-refractivity contribution in [2.75, 3.05) is 7.11 Å². The molecule has 0 atom stereocenters. The van der Waals surface area contributed by atoms with E-state index in [1.807, 2.05) is 18.2 Å².